The van der Waals surface area contributed by atoms with Crippen molar-refractivity contribution in [1.29, 1.82) is 5.26 Å². The second-order valence-corrected chi connectivity index (χ2v) is 7.11. The molecule has 0 aliphatic heterocycles. The Morgan fingerprint density at radius 2 is 1.81 bits per heavy atom. The second-order valence-electron chi connectivity index (χ2n) is 7.11. The lowest BCUT2D eigenvalue weighted by Gasteiger charge is -2.29. The molecule has 26 heavy (non-hydrogen) atoms. The average molecular weight is 349 g/mol. The van der Waals surface area contributed by atoms with Gasteiger partial charge in [-0.3, -0.25) is 9.59 Å². The molecule has 2 aromatic rings. The van der Waals surface area contributed by atoms with Crippen molar-refractivity contribution >= 4 is 23.2 Å². The van der Waals surface area contributed by atoms with Crippen molar-refractivity contribution < 1.29 is 9.59 Å². The number of anilines is 2. The van der Waals surface area contributed by atoms with Crippen molar-refractivity contribution in [2.75, 3.05) is 16.8 Å². The number of carbonyl (C=O) groups is 2. The standard InChI is InChI=1S/C21H23N3O2/c1-15(25)24(19-11-6-5-10-18(19)21(2,3)4)14-20(26)23-17-9-7-8-16(12-17)13-22/h5-12H,14H2,1-4H3,(H,23,26). The van der Waals surface area contributed by atoms with Gasteiger partial charge in [0.15, 0.2) is 0 Å². The quantitative estimate of drug-likeness (QED) is 0.911. The molecule has 0 aliphatic rings. The number of hydrogen-bond acceptors (Lipinski definition) is 3. The Hall–Kier alpha value is -3.13. The van der Waals surface area contributed by atoms with Crippen LogP contribution in [-0.4, -0.2) is 18.4 Å². The molecule has 134 valence electrons. The predicted octanol–water partition coefficient (Wildman–Crippen LogP) is 3.85. The molecule has 2 amide bonds. The van der Waals surface area contributed by atoms with Gasteiger partial charge in [0.1, 0.15) is 6.54 Å². The van der Waals surface area contributed by atoms with Crippen LogP contribution in [0.15, 0.2) is 48.5 Å². The topological polar surface area (TPSA) is 73.2 Å². The van der Waals surface area contributed by atoms with E-state index in [0.29, 0.717) is 11.3 Å². The number of amides is 2. The first-order valence-corrected chi connectivity index (χ1v) is 8.40. The number of nitriles is 1. The summed E-state index contributed by atoms with van der Waals surface area (Å²) in [6, 6.07) is 16.3. The molecule has 0 unspecified atom stereocenters. The molecule has 0 atom stereocenters. The van der Waals surface area contributed by atoms with Gasteiger partial charge >= 0.3 is 0 Å². The van der Waals surface area contributed by atoms with Crippen molar-refractivity contribution in [2.45, 2.75) is 33.1 Å². The normalized spacial score (nSPS) is 10.7. The molecule has 5 heteroatoms. The minimum atomic E-state index is -0.320. The molecule has 0 spiro atoms. The molecule has 0 heterocycles. The summed E-state index contributed by atoms with van der Waals surface area (Å²) in [6.07, 6.45) is 0. The second kappa shape index (κ2) is 7.83. The summed E-state index contributed by atoms with van der Waals surface area (Å²) in [5.74, 6) is -0.526. The smallest absolute Gasteiger partial charge is 0.244 e. The Balaban J connectivity index is 2.25. The van der Waals surface area contributed by atoms with Crippen LogP contribution in [0.2, 0.25) is 0 Å². The van der Waals surface area contributed by atoms with Gasteiger partial charge in [-0.05, 0) is 35.2 Å². The molecule has 0 aromatic heterocycles. The highest BCUT2D eigenvalue weighted by atomic mass is 16.2. The van der Waals surface area contributed by atoms with Gasteiger partial charge in [-0.15, -0.1) is 0 Å². The highest BCUT2D eigenvalue weighted by Crippen LogP contribution is 2.32. The van der Waals surface area contributed by atoms with Crippen LogP contribution in [0.3, 0.4) is 0 Å². The lowest BCUT2D eigenvalue weighted by molar-refractivity contribution is -0.120. The third-order valence-corrected chi connectivity index (χ3v) is 3.96. The van der Waals surface area contributed by atoms with Gasteiger partial charge in [0.25, 0.3) is 0 Å². The van der Waals surface area contributed by atoms with E-state index in [2.05, 4.69) is 26.1 Å². The molecule has 0 fully saturated rings. The lowest BCUT2D eigenvalue weighted by Crippen LogP contribution is -2.38. The fourth-order valence-electron chi connectivity index (χ4n) is 2.72. The minimum absolute atomic E-state index is 0.0980. The van der Waals surface area contributed by atoms with Gasteiger partial charge in [0, 0.05) is 18.3 Å². The third kappa shape index (κ3) is 4.70. The van der Waals surface area contributed by atoms with Gasteiger partial charge in [-0.25, -0.2) is 0 Å². The number of nitrogens with zero attached hydrogens (tertiary/aromatic N) is 2. The van der Waals surface area contributed by atoms with E-state index in [4.69, 9.17) is 5.26 Å². The van der Waals surface area contributed by atoms with Crippen LogP contribution >= 0.6 is 0 Å². The lowest BCUT2D eigenvalue weighted by atomic mass is 9.85. The molecule has 2 rings (SSSR count). The van der Waals surface area contributed by atoms with Gasteiger partial charge < -0.3 is 10.2 Å². The van der Waals surface area contributed by atoms with Crippen LogP contribution in [0, 0.1) is 11.3 Å². The van der Waals surface area contributed by atoms with E-state index in [9.17, 15) is 9.59 Å². The van der Waals surface area contributed by atoms with E-state index < -0.39 is 0 Å². The van der Waals surface area contributed by atoms with E-state index in [1.165, 1.54) is 11.8 Å². The molecular weight excluding hydrogens is 326 g/mol. The van der Waals surface area contributed by atoms with Crippen LogP contribution in [0.4, 0.5) is 11.4 Å². The maximum atomic E-state index is 12.5. The molecular formula is C21H23N3O2. The van der Waals surface area contributed by atoms with Crippen molar-refractivity contribution in [3.63, 3.8) is 0 Å². The summed E-state index contributed by atoms with van der Waals surface area (Å²) in [7, 11) is 0. The summed E-state index contributed by atoms with van der Waals surface area (Å²) in [4.78, 5) is 26.2. The summed E-state index contributed by atoms with van der Waals surface area (Å²) in [5, 5.41) is 11.7. The first-order chi connectivity index (χ1) is 12.2. The monoisotopic (exact) mass is 349 g/mol. The number of hydrogen-bond donors (Lipinski definition) is 1. The third-order valence-electron chi connectivity index (χ3n) is 3.96. The van der Waals surface area contributed by atoms with Crippen LogP contribution < -0.4 is 10.2 Å². The first kappa shape index (κ1) is 19.2. The fraction of sp³-hybridized carbons (Fsp3) is 0.286. The number of benzene rings is 2. The van der Waals surface area contributed by atoms with E-state index in [1.807, 2.05) is 30.3 Å². The number of carbonyl (C=O) groups excluding carboxylic acids is 2. The van der Waals surface area contributed by atoms with Crippen molar-refractivity contribution in [2.24, 2.45) is 0 Å². The zero-order chi connectivity index (χ0) is 19.3. The van der Waals surface area contributed by atoms with Crippen LogP contribution in [0.5, 0.6) is 0 Å². The molecule has 0 aliphatic carbocycles. The van der Waals surface area contributed by atoms with Gasteiger partial charge in [0.05, 0.1) is 11.6 Å². The maximum Gasteiger partial charge on any atom is 0.244 e. The Morgan fingerprint density at radius 1 is 1.12 bits per heavy atom. The molecule has 0 saturated heterocycles. The molecule has 2 aromatic carbocycles. The highest BCUT2D eigenvalue weighted by Gasteiger charge is 2.24. The van der Waals surface area contributed by atoms with Gasteiger partial charge in [0.2, 0.25) is 11.8 Å². The molecule has 5 nitrogen and oxygen atoms in total. The van der Waals surface area contributed by atoms with E-state index in [1.54, 1.807) is 24.3 Å². The van der Waals surface area contributed by atoms with Crippen LogP contribution in [0.1, 0.15) is 38.8 Å². The fourth-order valence-corrected chi connectivity index (χ4v) is 2.72. The predicted molar refractivity (Wildman–Crippen MR) is 103 cm³/mol. The van der Waals surface area contributed by atoms with Crippen LogP contribution in [0.25, 0.3) is 0 Å². The van der Waals surface area contributed by atoms with Crippen molar-refractivity contribution in [1.82, 2.24) is 0 Å². The van der Waals surface area contributed by atoms with Crippen molar-refractivity contribution in [3.8, 4) is 6.07 Å². The molecule has 0 saturated carbocycles. The summed E-state index contributed by atoms with van der Waals surface area (Å²) >= 11 is 0. The van der Waals surface area contributed by atoms with E-state index >= 15 is 0 Å². The Kier molecular flexibility index (Phi) is 5.78. The van der Waals surface area contributed by atoms with Crippen molar-refractivity contribution in [3.05, 3.63) is 59.7 Å². The minimum Gasteiger partial charge on any atom is -0.324 e. The number of para-hydroxylation sites is 1. The maximum absolute atomic E-state index is 12.5. The zero-order valence-corrected chi connectivity index (χ0v) is 15.5. The number of rotatable bonds is 4. The van der Waals surface area contributed by atoms with Crippen LogP contribution in [-0.2, 0) is 15.0 Å². The summed E-state index contributed by atoms with van der Waals surface area (Å²) in [5.41, 5.74) is 2.55. The first-order valence-electron chi connectivity index (χ1n) is 8.40. The molecule has 0 radical (unpaired) electrons. The zero-order valence-electron chi connectivity index (χ0n) is 15.5. The van der Waals surface area contributed by atoms with E-state index in [0.717, 1.165) is 11.3 Å². The number of nitrogens with one attached hydrogen (secondary N) is 1. The Morgan fingerprint density at radius 3 is 2.42 bits per heavy atom. The molecule has 0 bridgehead atoms. The van der Waals surface area contributed by atoms with Gasteiger partial charge in [-0.1, -0.05) is 45.0 Å². The highest BCUT2D eigenvalue weighted by molar-refractivity contribution is 6.02. The summed E-state index contributed by atoms with van der Waals surface area (Å²) < 4.78 is 0. The molecule has 1 N–H and O–H groups in total. The summed E-state index contributed by atoms with van der Waals surface area (Å²) in [6.45, 7) is 7.55. The Bertz CT molecular complexity index is 860. The SMILES string of the molecule is CC(=O)N(CC(=O)Nc1cccc(C#N)c1)c1ccccc1C(C)(C)C. The largest absolute Gasteiger partial charge is 0.324 e. The van der Waals surface area contributed by atoms with Gasteiger partial charge in [-0.2, -0.15) is 5.26 Å². The Labute approximate surface area is 154 Å². The average Bonchev–Trinajstić information content (AvgIpc) is 2.59. The van der Waals surface area contributed by atoms with E-state index in [-0.39, 0.29) is 23.8 Å².